The van der Waals surface area contributed by atoms with Gasteiger partial charge in [-0.3, -0.25) is 0 Å². The zero-order valence-corrected chi connectivity index (χ0v) is 30.7. The van der Waals surface area contributed by atoms with E-state index in [0.717, 1.165) is 61.5 Å². The molecule has 1 spiro atoms. The summed E-state index contributed by atoms with van der Waals surface area (Å²) in [5.41, 5.74) is 12.1. The van der Waals surface area contributed by atoms with Crippen molar-refractivity contribution in [2.24, 2.45) is 0 Å². The second-order valence-electron chi connectivity index (χ2n) is 14.8. The highest BCUT2D eigenvalue weighted by Crippen LogP contribution is 2.62. The number of para-hydroxylation sites is 1. The Labute approximate surface area is 316 Å². The summed E-state index contributed by atoms with van der Waals surface area (Å²) < 4.78 is 16.6. The first kappa shape index (κ1) is 30.1. The smallest absolute Gasteiger partial charge is 0.132 e. The van der Waals surface area contributed by atoms with E-state index in [9.17, 15) is 0 Å². The molecule has 12 rings (SSSR count). The zero-order chi connectivity index (χ0) is 34.7. The number of benzene rings is 5. The minimum absolute atomic E-state index is 0.552. The molecular weight excluding hydrogens is 685 g/mol. The molecule has 0 fully saturated rings. The van der Waals surface area contributed by atoms with Gasteiger partial charge in [0.25, 0.3) is 0 Å². The first-order valence-corrected chi connectivity index (χ1v) is 20.5. The fourth-order valence-electron chi connectivity index (χ4n) is 9.81. The third-order valence-electron chi connectivity index (χ3n) is 12.0. The Morgan fingerprint density at radius 2 is 1.21 bits per heavy atom. The first-order chi connectivity index (χ1) is 26.3. The molecular formula is C49H34O2S2. The molecule has 2 aliphatic heterocycles. The topological polar surface area (TPSA) is 18.5 Å². The summed E-state index contributed by atoms with van der Waals surface area (Å²) in [4.78, 5) is 2.89. The molecule has 0 radical (unpaired) electrons. The lowest BCUT2D eigenvalue weighted by atomic mass is 9.60. The van der Waals surface area contributed by atoms with Gasteiger partial charge in [0.15, 0.2) is 0 Å². The number of hydrogen-bond donors (Lipinski definition) is 0. The molecule has 5 aromatic carbocycles. The summed E-state index contributed by atoms with van der Waals surface area (Å²) in [5, 5.41) is 2.75. The molecule has 4 heteroatoms. The largest absolute Gasteiger partial charge is 0.457 e. The van der Waals surface area contributed by atoms with Crippen LogP contribution in [-0.2, 0) is 18.3 Å². The predicted molar refractivity (Wildman–Crippen MR) is 222 cm³/mol. The monoisotopic (exact) mass is 718 g/mol. The summed E-state index contributed by atoms with van der Waals surface area (Å²) in [6.45, 7) is 0. The highest BCUT2D eigenvalue weighted by atomic mass is 32.1. The summed E-state index contributed by atoms with van der Waals surface area (Å²) in [5.74, 6) is 3.71. The van der Waals surface area contributed by atoms with Crippen LogP contribution in [0.2, 0.25) is 0 Å². The molecule has 3 aliphatic carbocycles. The molecule has 53 heavy (non-hydrogen) atoms. The van der Waals surface area contributed by atoms with E-state index in [-0.39, 0.29) is 0 Å². The predicted octanol–water partition coefficient (Wildman–Crippen LogP) is 13.8. The minimum Gasteiger partial charge on any atom is -0.457 e. The van der Waals surface area contributed by atoms with Crippen LogP contribution in [0.3, 0.4) is 0 Å². The molecule has 5 aliphatic rings. The van der Waals surface area contributed by atoms with Crippen molar-refractivity contribution >= 4 is 55.0 Å². The van der Waals surface area contributed by atoms with Crippen molar-refractivity contribution in [3.8, 4) is 39.5 Å². The number of aryl methyl sites for hydroxylation is 2. The summed E-state index contributed by atoms with van der Waals surface area (Å²) >= 11 is 3.86. The van der Waals surface area contributed by atoms with E-state index >= 15 is 0 Å². The maximum Gasteiger partial charge on any atom is 0.132 e. The van der Waals surface area contributed by atoms with Gasteiger partial charge in [-0.05, 0) is 120 Å². The fraction of sp³-hybridized carbons (Fsp3) is 0.143. The number of allylic oxidation sites excluding steroid dienone is 5. The lowest BCUT2D eigenvalue weighted by Gasteiger charge is -2.46. The molecule has 1 atom stereocenters. The normalized spacial score (nSPS) is 18.9. The maximum absolute atomic E-state index is 6.99. The lowest BCUT2D eigenvalue weighted by molar-refractivity contribution is 0.367. The molecule has 1 unspecified atom stereocenters. The van der Waals surface area contributed by atoms with Crippen molar-refractivity contribution in [1.29, 1.82) is 0 Å². The van der Waals surface area contributed by atoms with E-state index < -0.39 is 5.41 Å². The SMILES string of the molecule is C1=CC2=C(CC1)C1(c3ccc(-c4cccc5sc6c(c45)CCC=C6)cc3O2)c2ccccc2Oc2cc(-c3cccc4sc5c(c34)C=CCC5)ccc21. The number of fused-ring (bicyclic) bond motifs is 13. The summed E-state index contributed by atoms with van der Waals surface area (Å²) in [7, 11) is 0. The maximum atomic E-state index is 6.99. The lowest BCUT2D eigenvalue weighted by Crippen LogP contribution is -2.39. The molecule has 2 aromatic heterocycles. The van der Waals surface area contributed by atoms with E-state index in [1.54, 1.807) is 0 Å². The van der Waals surface area contributed by atoms with Gasteiger partial charge in [0.1, 0.15) is 23.0 Å². The molecule has 2 nitrogen and oxygen atoms in total. The van der Waals surface area contributed by atoms with Crippen molar-refractivity contribution in [3.63, 3.8) is 0 Å². The van der Waals surface area contributed by atoms with Crippen LogP contribution < -0.4 is 9.47 Å². The van der Waals surface area contributed by atoms with Crippen molar-refractivity contribution < 1.29 is 9.47 Å². The molecule has 0 bridgehead atoms. The van der Waals surface area contributed by atoms with Gasteiger partial charge in [-0.2, -0.15) is 0 Å². The first-order valence-electron chi connectivity index (χ1n) is 18.8. The number of ether oxygens (including phenoxy) is 2. The Morgan fingerprint density at radius 3 is 2.06 bits per heavy atom. The number of thiophene rings is 2. The van der Waals surface area contributed by atoms with Gasteiger partial charge < -0.3 is 9.47 Å². The van der Waals surface area contributed by atoms with Crippen LogP contribution in [0.5, 0.6) is 17.2 Å². The van der Waals surface area contributed by atoms with Gasteiger partial charge in [0, 0.05) is 46.6 Å². The van der Waals surface area contributed by atoms with Crippen LogP contribution in [0.4, 0.5) is 0 Å². The molecule has 7 aromatic rings. The van der Waals surface area contributed by atoms with E-state index in [4.69, 9.17) is 9.47 Å². The van der Waals surface area contributed by atoms with Crippen molar-refractivity contribution in [1.82, 2.24) is 0 Å². The summed E-state index contributed by atoms with van der Waals surface area (Å²) in [6, 6.07) is 36.2. The minimum atomic E-state index is -0.552. The Balaban J connectivity index is 1.09. The third kappa shape index (κ3) is 4.19. The number of rotatable bonds is 2. The summed E-state index contributed by atoms with van der Waals surface area (Å²) in [6.07, 6.45) is 20.1. The van der Waals surface area contributed by atoms with Crippen LogP contribution in [0.15, 0.2) is 133 Å². The Bertz CT molecular complexity index is 2860. The molecule has 4 heterocycles. The second kappa shape index (κ2) is 11.3. The highest BCUT2D eigenvalue weighted by Gasteiger charge is 2.51. The molecule has 0 N–H and O–H groups in total. The molecule has 254 valence electrons. The molecule has 0 amide bonds. The van der Waals surface area contributed by atoms with E-state index in [2.05, 4.69) is 134 Å². The fourth-order valence-corrected chi connectivity index (χ4v) is 12.3. The number of hydrogen-bond acceptors (Lipinski definition) is 4. The quantitative estimate of drug-likeness (QED) is 0.177. The Kier molecular flexibility index (Phi) is 6.41. The van der Waals surface area contributed by atoms with Crippen LogP contribution in [0, 0.1) is 0 Å². The van der Waals surface area contributed by atoms with Crippen LogP contribution in [0.1, 0.15) is 63.3 Å². The van der Waals surface area contributed by atoms with Gasteiger partial charge in [-0.15, -0.1) is 22.7 Å². The van der Waals surface area contributed by atoms with Gasteiger partial charge in [0.2, 0.25) is 0 Å². The standard InChI is InChI=1S/C49H34O2S2/c1-7-19-43-33(11-1)47-31(13-9-21-45(47)52-43)29-23-25-37-41(27-29)50-39-17-5-3-15-35(39)49(37)36-16-4-6-18-40(36)51-42-28-30(24-26-38(42)49)32-14-10-22-46-48(32)34-12-2-8-20-44(34)53-46/h1,3,5-6,8-11,13-15,17-18,20-28H,2,4,7,12,16,19H2. The van der Waals surface area contributed by atoms with Crippen LogP contribution in [-0.4, -0.2) is 0 Å². The van der Waals surface area contributed by atoms with Gasteiger partial charge in [0.05, 0.1) is 5.41 Å². The van der Waals surface area contributed by atoms with Gasteiger partial charge >= 0.3 is 0 Å². The van der Waals surface area contributed by atoms with Crippen LogP contribution >= 0.6 is 22.7 Å². The van der Waals surface area contributed by atoms with E-state index in [1.807, 2.05) is 22.7 Å². The third-order valence-corrected chi connectivity index (χ3v) is 14.4. The van der Waals surface area contributed by atoms with Gasteiger partial charge in [-0.25, -0.2) is 0 Å². The zero-order valence-electron chi connectivity index (χ0n) is 29.1. The Hall–Kier alpha value is -5.42. The van der Waals surface area contributed by atoms with Crippen molar-refractivity contribution in [2.75, 3.05) is 0 Å². The Morgan fingerprint density at radius 1 is 0.528 bits per heavy atom. The average molecular weight is 719 g/mol. The van der Waals surface area contributed by atoms with Crippen molar-refractivity contribution in [2.45, 2.75) is 43.9 Å². The average Bonchev–Trinajstić information content (AvgIpc) is 3.79. The van der Waals surface area contributed by atoms with E-state index in [1.165, 1.54) is 85.6 Å². The van der Waals surface area contributed by atoms with Gasteiger partial charge in [-0.1, -0.05) is 91.0 Å². The molecule has 0 saturated carbocycles. The van der Waals surface area contributed by atoms with E-state index in [0.29, 0.717) is 0 Å². The highest BCUT2D eigenvalue weighted by molar-refractivity contribution is 7.20. The van der Waals surface area contributed by atoms with Crippen molar-refractivity contribution in [3.05, 3.63) is 170 Å². The second-order valence-corrected chi connectivity index (χ2v) is 17.0. The molecule has 0 saturated heterocycles. The van der Waals surface area contributed by atoms with Crippen LogP contribution in [0.25, 0.3) is 54.6 Å².